The molecule has 0 N–H and O–H groups in total. The molecule has 0 amide bonds. The van der Waals surface area contributed by atoms with Gasteiger partial charge in [0, 0.05) is 20.5 Å². The minimum Gasteiger partial charge on any atom is -0.233 e. The van der Waals surface area contributed by atoms with Gasteiger partial charge in [-0.1, -0.05) is 0 Å². The predicted molar refractivity (Wildman–Crippen MR) is 48.7 cm³/mol. The SMILES string of the molecule is O=[N+]([O-])N1CN([N+](=O)[O-])N2N1N([N+](=O)[O-])CN2[N+](=O)[O-]. The van der Waals surface area contributed by atoms with E-state index in [4.69, 9.17) is 0 Å². The minimum atomic E-state index is -1.18. The van der Waals surface area contributed by atoms with E-state index in [2.05, 4.69) is 0 Å². The highest BCUT2D eigenvalue weighted by molar-refractivity contribution is 4.52. The standard InChI is InChI=1S/C2H4N10O8/c13-9(14)3-1-4(10(15)16)8-6(12(19)20)2-5(7(3)8)11(17)18/h1-2H2. The van der Waals surface area contributed by atoms with Crippen molar-refractivity contribution in [2.45, 2.75) is 0 Å². The lowest BCUT2D eigenvalue weighted by atomic mass is 11.0. The maximum Gasteiger partial charge on any atom is 0.252 e. The zero-order valence-electron chi connectivity index (χ0n) is 9.15. The molecule has 0 aromatic rings. The fourth-order valence-electron chi connectivity index (χ4n) is 1.53. The summed E-state index contributed by atoms with van der Waals surface area (Å²) < 4.78 is 0. The fraction of sp³-hybridized carbons (Fsp3) is 1.00. The van der Waals surface area contributed by atoms with E-state index in [1.807, 2.05) is 0 Å². The van der Waals surface area contributed by atoms with Crippen molar-refractivity contribution in [2.24, 2.45) is 0 Å². The molecule has 2 heterocycles. The van der Waals surface area contributed by atoms with Crippen LogP contribution in [0.15, 0.2) is 0 Å². The van der Waals surface area contributed by atoms with Gasteiger partial charge < -0.3 is 0 Å². The summed E-state index contributed by atoms with van der Waals surface area (Å²) in [6, 6.07) is 0. The molecule has 0 unspecified atom stereocenters. The Labute approximate surface area is 106 Å². The molecule has 2 saturated heterocycles. The van der Waals surface area contributed by atoms with Crippen LogP contribution in [0.5, 0.6) is 0 Å². The third-order valence-corrected chi connectivity index (χ3v) is 2.25. The minimum absolute atomic E-state index is 0.0326. The first-order valence-corrected chi connectivity index (χ1v) is 4.53. The number of nitrogens with zero attached hydrogens (tertiary/aromatic N) is 10. The molecule has 18 heteroatoms. The van der Waals surface area contributed by atoms with Gasteiger partial charge in [0.05, 0.1) is 0 Å². The van der Waals surface area contributed by atoms with Crippen molar-refractivity contribution >= 4 is 0 Å². The van der Waals surface area contributed by atoms with Gasteiger partial charge in [-0.2, -0.15) is 0 Å². The number of hydrogen-bond acceptors (Lipinski definition) is 10. The summed E-state index contributed by atoms with van der Waals surface area (Å²) in [5.41, 5.74) is 0. The van der Waals surface area contributed by atoms with E-state index in [0.29, 0.717) is 0 Å². The topological polar surface area (TPSA) is 192 Å². The molecule has 0 aromatic carbocycles. The van der Waals surface area contributed by atoms with E-state index in [9.17, 15) is 40.5 Å². The van der Waals surface area contributed by atoms with E-state index in [0.717, 1.165) is 0 Å². The van der Waals surface area contributed by atoms with Crippen LogP contribution in [0, 0.1) is 40.5 Å². The highest BCUT2D eigenvalue weighted by Gasteiger charge is 2.66. The van der Waals surface area contributed by atoms with Crippen molar-refractivity contribution < 1.29 is 20.1 Å². The second kappa shape index (κ2) is 4.13. The smallest absolute Gasteiger partial charge is 0.233 e. The molecule has 0 spiro atoms. The van der Waals surface area contributed by atoms with E-state index >= 15 is 0 Å². The zero-order valence-corrected chi connectivity index (χ0v) is 9.15. The van der Waals surface area contributed by atoms with Crippen LogP contribution in [-0.4, -0.2) is 64.4 Å². The van der Waals surface area contributed by atoms with Crippen LogP contribution in [0.2, 0.25) is 0 Å². The molecule has 0 atom stereocenters. The Kier molecular flexibility index (Phi) is 2.72. The van der Waals surface area contributed by atoms with Gasteiger partial charge in [-0.25, -0.2) is 40.5 Å². The Hall–Kier alpha value is -3.28. The fourth-order valence-corrected chi connectivity index (χ4v) is 1.53. The van der Waals surface area contributed by atoms with Gasteiger partial charge in [-0.15, -0.1) is 0 Å². The van der Waals surface area contributed by atoms with E-state index < -0.39 is 33.5 Å². The van der Waals surface area contributed by atoms with Gasteiger partial charge >= 0.3 is 0 Å². The molecule has 110 valence electrons. The normalized spacial score (nSPS) is 19.4. The van der Waals surface area contributed by atoms with Gasteiger partial charge in [-0.05, 0) is 0 Å². The van der Waals surface area contributed by atoms with Gasteiger partial charge in [-0.3, -0.25) is 0 Å². The van der Waals surface area contributed by atoms with E-state index in [-0.39, 0.29) is 30.9 Å². The molecular formula is C2H4N10O8. The number of hydrazine groups is 9. The Bertz CT molecular complexity index is 408. The molecule has 0 radical (unpaired) electrons. The molecule has 0 aromatic heterocycles. The van der Waals surface area contributed by atoms with Crippen LogP contribution in [0.3, 0.4) is 0 Å². The first-order valence-electron chi connectivity index (χ1n) is 4.53. The first kappa shape index (κ1) is 13.2. The Morgan fingerprint density at radius 3 is 0.900 bits per heavy atom. The number of hydrogen-bond donors (Lipinski definition) is 0. The summed E-state index contributed by atoms with van der Waals surface area (Å²) in [5, 5.41) is 38.2. The average molecular weight is 296 g/mol. The molecular weight excluding hydrogens is 292 g/mol. The molecule has 0 bridgehead atoms. The Morgan fingerprint density at radius 2 is 0.750 bits per heavy atom. The lowest BCUT2D eigenvalue weighted by molar-refractivity contribution is -0.801. The summed E-state index contributed by atoms with van der Waals surface area (Å²) in [7, 11) is 0. The van der Waals surface area contributed by atoms with Crippen molar-refractivity contribution in [3.05, 3.63) is 40.5 Å². The molecule has 2 aliphatic heterocycles. The Morgan fingerprint density at radius 1 is 0.550 bits per heavy atom. The monoisotopic (exact) mass is 296 g/mol. The summed E-state index contributed by atoms with van der Waals surface area (Å²) in [6.45, 7) is -2.12. The number of nitro groups is 4. The van der Waals surface area contributed by atoms with E-state index in [1.54, 1.807) is 0 Å². The van der Waals surface area contributed by atoms with Crippen molar-refractivity contribution in [1.82, 2.24) is 30.9 Å². The maximum absolute atomic E-state index is 10.7. The molecule has 2 fully saturated rings. The van der Waals surface area contributed by atoms with Crippen molar-refractivity contribution in [2.75, 3.05) is 13.3 Å². The largest absolute Gasteiger partial charge is 0.252 e. The molecule has 0 saturated carbocycles. The molecule has 18 nitrogen and oxygen atoms in total. The Balaban J connectivity index is 2.45. The van der Waals surface area contributed by atoms with Crippen LogP contribution >= 0.6 is 0 Å². The summed E-state index contributed by atoms with van der Waals surface area (Å²) in [5.74, 6) is 0. The van der Waals surface area contributed by atoms with Crippen LogP contribution in [0.4, 0.5) is 0 Å². The second-order valence-corrected chi connectivity index (χ2v) is 3.26. The number of rotatable bonds is 4. The highest BCUT2D eigenvalue weighted by atomic mass is 16.8. The maximum atomic E-state index is 10.7. The predicted octanol–water partition coefficient (Wildman–Crippen LogP) is -2.92. The van der Waals surface area contributed by atoms with Crippen molar-refractivity contribution in [3.8, 4) is 0 Å². The summed E-state index contributed by atoms with van der Waals surface area (Å²) in [4.78, 5) is 42.9. The third kappa shape index (κ3) is 1.67. The average Bonchev–Trinajstić information content (AvgIpc) is 2.83. The van der Waals surface area contributed by atoms with Crippen LogP contribution < -0.4 is 0 Å². The van der Waals surface area contributed by atoms with Gasteiger partial charge in [0.15, 0.2) is 20.1 Å². The third-order valence-electron chi connectivity index (χ3n) is 2.25. The van der Waals surface area contributed by atoms with Crippen LogP contribution in [0.1, 0.15) is 0 Å². The summed E-state index contributed by atoms with van der Waals surface area (Å²) in [6.07, 6.45) is 0. The lowest BCUT2D eigenvalue weighted by Crippen LogP contribution is -2.55. The quantitative estimate of drug-likeness (QED) is 0.378. The van der Waals surface area contributed by atoms with Gasteiger partial charge in [0.1, 0.15) is 10.5 Å². The van der Waals surface area contributed by atoms with Gasteiger partial charge in [0.2, 0.25) is 0 Å². The van der Waals surface area contributed by atoms with Crippen molar-refractivity contribution in [3.63, 3.8) is 0 Å². The van der Waals surface area contributed by atoms with Crippen LogP contribution in [0.25, 0.3) is 0 Å². The molecule has 2 rings (SSSR count). The van der Waals surface area contributed by atoms with E-state index in [1.165, 1.54) is 0 Å². The molecule has 20 heavy (non-hydrogen) atoms. The lowest BCUT2D eigenvalue weighted by Gasteiger charge is -2.17. The second-order valence-electron chi connectivity index (χ2n) is 3.26. The van der Waals surface area contributed by atoms with Gasteiger partial charge in [0.25, 0.3) is 13.3 Å². The highest BCUT2D eigenvalue weighted by Crippen LogP contribution is 2.28. The summed E-state index contributed by atoms with van der Waals surface area (Å²) >= 11 is 0. The molecule has 2 aliphatic rings. The molecule has 0 aliphatic carbocycles. The zero-order chi connectivity index (χ0) is 15.2. The number of fused-ring (bicyclic) bond motifs is 1. The first-order chi connectivity index (χ1) is 9.25. The van der Waals surface area contributed by atoms with Crippen LogP contribution in [-0.2, 0) is 0 Å². The van der Waals surface area contributed by atoms with Crippen molar-refractivity contribution in [1.29, 1.82) is 0 Å².